The lowest BCUT2D eigenvalue weighted by atomic mass is 9.73. The fraction of sp³-hybridized carbons (Fsp3) is 0.615. The average molecular weight is 397 g/mol. The average Bonchev–Trinajstić information content (AvgIpc) is 2.58. The topological polar surface area (TPSA) is 45.8 Å². The lowest BCUT2D eigenvalue weighted by molar-refractivity contribution is 0.367. The molecule has 0 bridgehead atoms. The Hall–Kier alpha value is -1.90. The molecule has 0 amide bonds. The van der Waals surface area contributed by atoms with E-state index in [4.69, 9.17) is 0 Å². The highest BCUT2D eigenvalue weighted by atomic mass is 16.1. The molecule has 0 unspecified atom stereocenters. The van der Waals surface area contributed by atoms with Gasteiger partial charge >= 0.3 is 0 Å². The number of hydrogen-bond donors (Lipinski definition) is 1. The third-order valence-electron chi connectivity index (χ3n) is 6.12. The Labute approximate surface area is 177 Å². The van der Waals surface area contributed by atoms with Gasteiger partial charge < -0.3 is 4.98 Å². The van der Waals surface area contributed by atoms with E-state index in [0.717, 1.165) is 29.8 Å². The SMILES string of the molecule is CC(C)(C)c1cc(C(C)(C)CCC(C)(C)c2ccnc(C(C)(C)C)c2)[nH]c(=O)c1. The number of rotatable bonds is 5. The van der Waals surface area contributed by atoms with Gasteiger partial charge in [0.2, 0.25) is 5.56 Å². The van der Waals surface area contributed by atoms with Crippen LogP contribution in [0.5, 0.6) is 0 Å². The van der Waals surface area contributed by atoms with Crippen LogP contribution in [-0.2, 0) is 21.7 Å². The molecule has 2 aromatic rings. The molecule has 0 saturated carbocycles. The zero-order chi connectivity index (χ0) is 22.3. The van der Waals surface area contributed by atoms with Crippen molar-refractivity contribution in [3.05, 3.63) is 63.3 Å². The molecule has 1 N–H and O–H groups in total. The van der Waals surface area contributed by atoms with Crippen molar-refractivity contribution in [2.24, 2.45) is 0 Å². The molecule has 0 aromatic carbocycles. The first-order chi connectivity index (χ1) is 13.0. The lowest BCUT2D eigenvalue weighted by Crippen LogP contribution is -2.28. The van der Waals surface area contributed by atoms with Gasteiger partial charge in [0.1, 0.15) is 0 Å². The van der Waals surface area contributed by atoms with E-state index in [1.807, 2.05) is 6.20 Å². The maximum absolute atomic E-state index is 12.3. The van der Waals surface area contributed by atoms with E-state index in [0.29, 0.717) is 0 Å². The van der Waals surface area contributed by atoms with Crippen molar-refractivity contribution in [2.75, 3.05) is 0 Å². The summed E-state index contributed by atoms with van der Waals surface area (Å²) in [6.45, 7) is 22.1. The second kappa shape index (κ2) is 7.74. The molecule has 2 heterocycles. The predicted molar refractivity (Wildman–Crippen MR) is 124 cm³/mol. The van der Waals surface area contributed by atoms with Crippen LogP contribution in [0.15, 0.2) is 35.3 Å². The van der Waals surface area contributed by atoms with E-state index in [9.17, 15) is 4.79 Å². The number of hydrogen-bond acceptors (Lipinski definition) is 2. The van der Waals surface area contributed by atoms with Crippen molar-refractivity contribution in [3.8, 4) is 0 Å². The van der Waals surface area contributed by atoms with E-state index in [1.54, 1.807) is 6.07 Å². The minimum absolute atomic E-state index is 0.0105. The van der Waals surface area contributed by atoms with Crippen LogP contribution in [0.1, 0.15) is 105 Å². The minimum Gasteiger partial charge on any atom is -0.326 e. The number of pyridine rings is 2. The van der Waals surface area contributed by atoms with Gasteiger partial charge in [0.25, 0.3) is 0 Å². The summed E-state index contributed by atoms with van der Waals surface area (Å²) in [5.74, 6) is 0. The van der Waals surface area contributed by atoms with E-state index in [2.05, 4.69) is 97.4 Å². The van der Waals surface area contributed by atoms with Crippen molar-refractivity contribution in [1.29, 1.82) is 0 Å². The highest BCUT2D eigenvalue weighted by Crippen LogP contribution is 2.37. The summed E-state index contributed by atoms with van der Waals surface area (Å²) in [7, 11) is 0. The summed E-state index contributed by atoms with van der Waals surface area (Å²) in [6, 6.07) is 8.31. The third-order valence-corrected chi connectivity index (χ3v) is 6.12. The van der Waals surface area contributed by atoms with Gasteiger partial charge in [-0.2, -0.15) is 0 Å². The summed E-state index contributed by atoms with van der Waals surface area (Å²) in [4.78, 5) is 20.0. The van der Waals surface area contributed by atoms with Gasteiger partial charge in [0.15, 0.2) is 0 Å². The first-order valence-electron chi connectivity index (χ1n) is 10.7. The first-order valence-corrected chi connectivity index (χ1v) is 10.7. The molecule has 160 valence electrons. The Bertz CT molecular complexity index is 905. The number of H-pyrrole nitrogens is 1. The molecule has 0 saturated heterocycles. The summed E-state index contributed by atoms with van der Waals surface area (Å²) in [5, 5.41) is 0. The van der Waals surface area contributed by atoms with Gasteiger partial charge in [0, 0.05) is 34.5 Å². The van der Waals surface area contributed by atoms with Crippen LogP contribution < -0.4 is 5.56 Å². The normalized spacial score (nSPS) is 13.6. The second-order valence-electron chi connectivity index (χ2n) is 11.8. The molecule has 0 atom stereocenters. The van der Waals surface area contributed by atoms with Gasteiger partial charge in [-0.1, -0.05) is 69.2 Å². The van der Waals surface area contributed by atoms with Gasteiger partial charge in [-0.05, 0) is 53.0 Å². The second-order valence-corrected chi connectivity index (χ2v) is 11.8. The summed E-state index contributed by atoms with van der Waals surface area (Å²) >= 11 is 0. The number of aromatic nitrogens is 2. The van der Waals surface area contributed by atoms with Crippen LogP contribution in [0.3, 0.4) is 0 Å². The standard InChI is InChI=1S/C26H40N2O/c1-23(2,3)19-16-21(28-22(29)17-19)26(9,10)13-12-25(7,8)18-11-14-27-20(15-18)24(4,5)6/h11,14-17H,12-13H2,1-10H3,(H,28,29). The van der Waals surface area contributed by atoms with Crippen molar-refractivity contribution in [1.82, 2.24) is 9.97 Å². The number of nitrogens with one attached hydrogen (secondary N) is 1. The molecule has 0 aliphatic heterocycles. The highest BCUT2D eigenvalue weighted by Gasteiger charge is 2.30. The maximum atomic E-state index is 12.3. The quantitative estimate of drug-likeness (QED) is 0.635. The molecular weight excluding hydrogens is 356 g/mol. The molecule has 0 radical (unpaired) electrons. The van der Waals surface area contributed by atoms with Gasteiger partial charge in [-0.15, -0.1) is 0 Å². The maximum Gasteiger partial charge on any atom is 0.248 e. The van der Waals surface area contributed by atoms with Crippen LogP contribution in [0.25, 0.3) is 0 Å². The number of aromatic amines is 1. The Kier molecular flexibility index (Phi) is 6.24. The summed E-state index contributed by atoms with van der Waals surface area (Å²) < 4.78 is 0. The third kappa shape index (κ3) is 5.81. The fourth-order valence-corrected chi connectivity index (χ4v) is 3.51. The minimum atomic E-state index is -0.114. The lowest BCUT2D eigenvalue weighted by Gasteiger charge is -2.33. The van der Waals surface area contributed by atoms with Gasteiger partial charge in [-0.25, -0.2) is 0 Å². The van der Waals surface area contributed by atoms with Crippen LogP contribution >= 0.6 is 0 Å². The van der Waals surface area contributed by atoms with Crippen LogP contribution in [-0.4, -0.2) is 9.97 Å². The first kappa shape index (κ1) is 23.4. The zero-order valence-electron chi connectivity index (χ0n) is 20.2. The molecule has 0 aliphatic rings. The van der Waals surface area contributed by atoms with Crippen molar-refractivity contribution >= 4 is 0 Å². The Morgan fingerprint density at radius 1 is 0.759 bits per heavy atom. The molecule has 0 fully saturated rings. The molecule has 3 nitrogen and oxygen atoms in total. The zero-order valence-corrected chi connectivity index (χ0v) is 20.2. The molecule has 0 aliphatic carbocycles. The number of nitrogens with zero attached hydrogens (tertiary/aromatic N) is 1. The molecular formula is C26H40N2O. The largest absolute Gasteiger partial charge is 0.326 e. The summed E-state index contributed by atoms with van der Waals surface area (Å²) in [5.41, 5.74) is 4.47. The van der Waals surface area contributed by atoms with Crippen molar-refractivity contribution in [3.63, 3.8) is 0 Å². The Balaban J connectivity index is 2.28. The van der Waals surface area contributed by atoms with Crippen LogP contribution in [0, 0.1) is 0 Å². The van der Waals surface area contributed by atoms with Crippen molar-refractivity contribution in [2.45, 2.75) is 104 Å². The molecule has 2 aromatic heterocycles. The monoisotopic (exact) mass is 396 g/mol. The Morgan fingerprint density at radius 3 is 1.90 bits per heavy atom. The highest BCUT2D eigenvalue weighted by molar-refractivity contribution is 5.29. The van der Waals surface area contributed by atoms with E-state index < -0.39 is 0 Å². The van der Waals surface area contributed by atoms with Crippen molar-refractivity contribution < 1.29 is 0 Å². The molecule has 2 rings (SSSR count). The predicted octanol–water partition coefficient (Wildman–Crippen LogP) is 6.40. The van der Waals surface area contributed by atoms with E-state index in [-0.39, 0.29) is 27.2 Å². The molecule has 0 spiro atoms. The van der Waals surface area contributed by atoms with E-state index >= 15 is 0 Å². The Morgan fingerprint density at radius 2 is 1.34 bits per heavy atom. The fourth-order valence-electron chi connectivity index (χ4n) is 3.51. The summed E-state index contributed by atoms with van der Waals surface area (Å²) in [6.07, 6.45) is 3.94. The van der Waals surface area contributed by atoms with E-state index in [1.165, 1.54) is 5.56 Å². The smallest absolute Gasteiger partial charge is 0.248 e. The molecule has 29 heavy (non-hydrogen) atoms. The van der Waals surface area contributed by atoms with Crippen LogP contribution in [0.4, 0.5) is 0 Å². The van der Waals surface area contributed by atoms with Gasteiger partial charge in [-0.3, -0.25) is 9.78 Å². The van der Waals surface area contributed by atoms with Gasteiger partial charge in [0.05, 0.1) is 0 Å². The van der Waals surface area contributed by atoms with Crippen LogP contribution in [0.2, 0.25) is 0 Å². The molecule has 3 heteroatoms.